The van der Waals surface area contributed by atoms with Crippen molar-refractivity contribution < 1.29 is 14.4 Å². The van der Waals surface area contributed by atoms with Crippen LogP contribution in [0.25, 0.3) is 0 Å². The first-order chi connectivity index (χ1) is 14.2. The highest BCUT2D eigenvalue weighted by Crippen LogP contribution is 2.27. The van der Waals surface area contributed by atoms with Crippen molar-refractivity contribution in [3.05, 3.63) is 28.2 Å². The number of nitrogens with one attached hydrogen (secondary N) is 2. The molecule has 164 valence electrons. The number of benzene rings is 1. The number of urea groups is 1. The molecule has 2 N–H and O–H groups in total. The molecule has 1 aromatic carbocycles. The molecule has 0 radical (unpaired) electrons. The highest BCUT2D eigenvalue weighted by atomic mass is 35.5. The Morgan fingerprint density at radius 1 is 1.07 bits per heavy atom. The summed E-state index contributed by atoms with van der Waals surface area (Å²) in [7, 11) is 3.81. The Bertz CT molecular complexity index is 806. The number of anilines is 1. The summed E-state index contributed by atoms with van der Waals surface area (Å²) in [5.74, 6) is -0.373. The molecular weight excluding hydrogens is 429 g/mol. The number of carbonyl (C=O) groups excluding carboxylic acids is 3. The number of halogens is 2. The maximum absolute atomic E-state index is 12.8. The lowest BCUT2D eigenvalue weighted by Gasteiger charge is -2.37. The lowest BCUT2D eigenvalue weighted by atomic mass is 9.89. The minimum atomic E-state index is -1.03. The third-order valence-corrected chi connectivity index (χ3v) is 6.05. The lowest BCUT2D eigenvalue weighted by molar-refractivity contribution is -0.132. The summed E-state index contributed by atoms with van der Waals surface area (Å²) in [5, 5.41) is 6.21. The van der Waals surface area contributed by atoms with Gasteiger partial charge in [0.05, 0.1) is 0 Å². The van der Waals surface area contributed by atoms with Gasteiger partial charge in [0, 0.05) is 54.9 Å². The van der Waals surface area contributed by atoms with Gasteiger partial charge < -0.3 is 20.0 Å². The summed E-state index contributed by atoms with van der Waals surface area (Å²) < 4.78 is 0. The first-order valence-corrected chi connectivity index (χ1v) is 10.7. The summed E-state index contributed by atoms with van der Waals surface area (Å²) in [4.78, 5) is 42.8. The SMILES string of the molecule is CN(C)CCC1(CCC(=O)N2CCN(c3cc(Cl)cc(Cl)c3)CC2)NC(=O)NC1=O. The van der Waals surface area contributed by atoms with E-state index in [9.17, 15) is 14.4 Å². The normalized spacial score (nSPS) is 21.8. The van der Waals surface area contributed by atoms with Gasteiger partial charge in [-0.25, -0.2) is 4.79 Å². The summed E-state index contributed by atoms with van der Waals surface area (Å²) in [6.45, 7) is 3.12. The predicted octanol–water partition coefficient (Wildman–Crippen LogP) is 1.95. The third-order valence-electron chi connectivity index (χ3n) is 5.61. The Morgan fingerprint density at radius 2 is 1.70 bits per heavy atom. The van der Waals surface area contributed by atoms with Gasteiger partial charge >= 0.3 is 6.03 Å². The molecule has 3 rings (SSSR count). The molecular formula is C20H27Cl2N5O3. The first kappa shape index (κ1) is 22.7. The van der Waals surface area contributed by atoms with Crippen LogP contribution >= 0.6 is 23.2 Å². The zero-order valence-corrected chi connectivity index (χ0v) is 18.7. The largest absolute Gasteiger partial charge is 0.368 e. The van der Waals surface area contributed by atoms with Gasteiger partial charge in [0.25, 0.3) is 5.91 Å². The zero-order valence-electron chi connectivity index (χ0n) is 17.2. The second-order valence-electron chi connectivity index (χ2n) is 8.04. The number of imide groups is 1. The van der Waals surface area contributed by atoms with E-state index < -0.39 is 11.6 Å². The van der Waals surface area contributed by atoms with Crippen LogP contribution in [0.15, 0.2) is 18.2 Å². The number of carbonyl (C=O) groups is 3. The molecule has 4 amide bonds. The van der Waals surface area contributed by atoms with Crippen LogP contribution in [0.1, 0.15) is 19.3 Å². The van der Waals surface area contributed by atoms with Crippen LogP contribution in [0, 0.1) is 0 Å². The van der Waals surface area contributed by atoms with Gasteiger partial charge in [0.1, 0.15) is 5.54 Å². The minimum absolute atomic E-state index is 0.0167. The Kier molecular flexibility index (Phi) is 7.10. The van der Waals surface area contributed by atoms with Crippen LogP contribution in [-0.4, -0.2) is 80.0 Å². The van der Waals surface area contributed by atoms with Gasteiger partial charge in [0.2, 0.25) is 5.91 Å². The molecule has 2 saturated heterocycles. The minimum Gasteiger partial charge on any atom is -0.368 e. The smallest absolute Gasteiger partial charge is 0.322 e. The molecule has 2 aliphatic heterocycles. The van der Waals surface area contributed by atoms with Gasteiger partial charge in [-0.3, -0.25) is 14.9 Å². The fourth-order valence-corrected chi connectivity index (χ4v) is 4.35. The van der Waals surface area contributed by atoms with Crippen molar-refractivity contribution in [1.29, 1.82) is 0 Å². The average Bonchev–Trinajstić information content (AvgIpc) is 2.97. The van der Waals surface area contributed by atoms with E-state index in [1.807, 2.05) is 31.1 Å². The molecule has 0 bridgehead atoms. The predicted molar refractivity (Wildman–Crippen MR) is 117 cm³/mol. The van der Waals surface area contributed by atoms with Crippen LogP contribution < -0.4 is 15.5 Å². The molecule has 1 unspecified atom stereocenters. The van der Waals surface area contributed by atoms with Crippen molar-refractivity contribution in [2.24, 2.45) is 0 Å². The highest BCUT2D eigenvalue weighted by molar-refractivity contribution is 6.35. The van der Waals surface area contributed by atoms with Gasteiger partial charge in [-0.2, -0.15) is 0 Å². The van der Waals surface area contributed by atoms with Crippen LogP contribution in [0.2, 0.25) is 10.0 Å². The molecule has 2 fully saturated rings. The first-order valence-electron chi connectivity index (χ1n) is 9.96. The average molecular weight is 456 g/mol. The number of hydrogen-bond acceptors (Lipinski definition) is 5. The number of piperazine rings is 1. The van der Waals surface area contributed by atoms with E-state index in [1.54, 1.807) is 11.0 Å². The summed E-state index contributed by atoms with van der Waals surface area (Å²) >= 11 is 12.2. The van der Waals surface area contributed by atoms with Gasteiger partial charge in [0.15, 0.2) is 0 Å². The second-order valence-corrected chi connectivity index (χ2v) is 8.91. The zero-order chi connectivity index (χ0) is 21.9. The summed E-state index contributed by atoms with van der Waals surface area (Å²) in [6.07, 6.45) is 0.930. The quantitative estimate of drug-likeness (QED) is 0.613. The highest BCUT2D eigenvalue weighted by Gasteiger charge is 2.46. The molecule has 8 nitrogen and oxygen atoms in total. The molecule has 0 spiro atoms. The number of amides is 4. The Balaban J connectivity index is 1.56. The van der Waals surface area contributed by atoms with Crippen LogP contribution in [0.3, 0.4) is 0 Å². The van der Waals surface area contributed by atoms with Gasteiger partial charge in [-0.1, -0.05) is 23.2 Å². The van der Waals surface area contributed by atoms with Gasteiger partial charge in [-0.05, 0) is 45.1 Å². The summed E-state index contributed by atoms with van der Waals surface area (Å²) in [6, 6.07) is 4.91. The topological polar surface area (TPSA) is 85.0 Å². The fourth-order valence-electron chi connectivity index (χ4n) is 3.83. The number of hydrogen-bond donors (Lipinski definition) is 2. The lowest BCUT2D eigenvalue weighted by Crippen LogP contribution is -2.51. The molecule has 1 aromatic rings. The summed E-state index contributed by atoms with van der Waals surface area (Å²) in [5.41, 5.74) is -0.0938. The maximum atomic E-state index is 12.8. The van der Waals surface area contributed by atoms with Crippen LogP contribution in [0.5, 0.6) is 0 Å². The Hall–Kier alpha value is -2.03. The van der Waals surface area contributed by atoms with Crippen molar-refractivity contribution in [2.45, 2.75) is 24.8 Å². The van der Waals surface area contributed by atoms with E-state index in [4.69, 9.17) is 23.2 Å². The molecule has 0 aromatic heterocycles. The monoisotopic (exact) mass is 455 g/mol. The molecule has 1 atom stereocenters. The van der Waals surface area contributed by atoms with E-state index in [0.717, 1.165) is 5.69 Å². The van der Waals surface area contributed by atoms with Crippen molar-refractivity contribution in [3.63, 3.8) is 0 Å². The Morgan fingerprint density at radius 3 is 2.23 bits per heavy atom. The molecule has 0 saturated carbocycles. The fraction of sp³-hybridized carbons (Fsp3) is 0.550. The standard InChI is InChI=1S/C20H27Cl2N5O3/c1-25(2)6-5-20(18(29)23-19(30)24-20)4-3-17(28)27-9-7-26(8-10-27)16-12-14(21)11-15(22)13-16/h11-13H,3-10H2,1-2H3,(H2,23,24,29,30). The van der Waals surface area contributed by atoms with Crippen LogP contribution in [-0.2, 0) is 9.59 Å². The van der Waals surface area contributed by atoms with E-state index >= 15 is 0 Å². The van der Waals surface area contributed by atoms with E-state index in [2.05, 4.69) is 15.5 Å². The second kappa shape index (κ2) is 9.41. The number of rotatable bonds is 7. The molecule has 10 heteroatoms. The van der Waals surface area contributed by atoms with E-state index in [-0.39, 0.29) is 24.7 Å². The van der Waals surface area contributed by atoms with Crippen molar-refractivity contribution in [2.75, 3.05) is 51.7 Å². The van der Waals surface area contributed by atoms with Crippen molar-refractivity contribution in [3.8, 4) is 0 Å². The third kappa shape index (κ3) is 5.36. The van der Waals surface area contributed by atoms with Crippen molar-refractivity contribution >= 4 is 46.7 Å². The van der Waals surface area contributed by atoms with E-state index in [1.165, 1.54) is 0 Å². The molecule has 2 heterocycles. The molecule has 30 heavy (non-hydrogen) atoms. The molecule has 2 aliphatic rings. The van der Waals surface area contributed by atoms with Crippen molar-refractivity contribution in [1.82, 2.24) is 20.4 Å². The Labute approximate surface area is 186 Å². The number of nitrogens with zero attached hydrogens (tertiary/aromatic N) is 3. The molecule has 0 aliphatic carbocycles. The van der Waals surface area contributed by atoms with E-state index in [0.29, 0.717) is 49.2 Å². The maximum Gasteiger partial charge on any atom is 0.322 e. The van der Waals surface area contributed by atoms with Crippen LogP contribution in [0.4, 0.5) is 10.5 Å². The van der Waals surface area contributed by atoms with Gasteiger partial charge in [-0.15, -0.1) is 0 Å².